The van der Waals surface area contributed by atoms with Crippen molar-refractivity contribution in [2.45, 2.75) is 6.61 Å². The van der Waals surface area contributed by atoms with Crippen molar-refractivity contribution in [3.05, 3.63) is 93.2 Å². The summed E-state index contributed by atoms with van der Waals surface area (Å²) in [6.45, 7) is 0.0639. The van der Waals surface area contributed by atoms with E-state index in [0.717, 1.165) is 0 Å². The van der Waals surface area contributed by atoms with Crippen LogP contribution >= 0.6 is 23.2 Å². The van der Waals surface area contributed by atoms with E-state index >= 15 is 0 Å². The van der Waals surface area contributed by atoms with Crippen LogP contribution in [0, 0.1) is 5.82 Å². The maximum atomic E-state index is 13.7. The van der Waals surface area contributed by atoms with Crippen LogP contribution in [0.2, 0.25) is 10.0 Å². The zero-order chi connectivity index (χ0) is 21.5. The minimum absolute atomic E-state index is 0.0639. The molecule has 0 saturated heterocycles. The van der Waals surface area contributed by atoms with Crippen LogP contribution in [0.25, 0.3) is 0 Å². The molecule has 0 fully saturated rings. The lowest BCUT2D eigenvalue weighted by Crippen LogP contribution is -2.18. The first kappa shape index (κ1) is 21.6. The summed E-state index contributed by atoms with van der Waals surface area (Å²) in [4.78, 5) is 12.2. The second-order valence-corrected chi connectivity index (χ2v) is 6.96. The van der Waals surface area contributed by atoms with Crippen molar-refractivity contribution in [1.29, 1.82) is 0 Å². The SMILES string of the molecule is COc1cc(/C=N/NC(=O)c2ccc(Cl)cc2Cl)ccc1OCc1ccccc1F. The molecule has 0 heterocycles. The fraction of sp³-hybridized carbons (Fsp3) is 0.0909. The molecule has 0 aliphatic rings. The maximum Gasteiger partial charge on any atom is 0.272 e. The van der Waals surface area contributed by atoms with Gasteiger partial charge in [-0.3, -0.25) is 4.79 Å². The number of ether oxygens (including phenoxy) is 2. The summed E-state index contributed by atoms with van der Waals surface area (Å²) < 4.78 is 24.7. The van der Waals surface area contributed by atoms with Gasteiger partial charge in [0, 0.05) is 10.6 Å². The number of methoxy groups -OCH3 is 1. The summed E-state index contributed by atoms with van der Waals surface area (Å²) in [6.07, 6.45) is 1.45. The van der Waals surface area contributed by atoms with Crippen LogP contribution in [0.5, 0.6) is 11.5 Å². The number of halogens is 3. The topological polar surface area (TPSA) is 59.9 Å². The van der Waals surface area contributed by atoms with Gasteiger partial charge in [0.1, 0.15) is 12.4 Å². The van der Waals surface area contributed by atoms with E-state index in [9.17, 15) is 9.18 Å². The monoisotopic (exact) mass is 446 g/mol. The van der Waals surface area contributed by atoms with Gasteiger partial charge in [-0.2, -0.15) is 5.10 Å². The smallest absolute Gasteiger partial charge is 0.272 e. The quantitative estimate of drug-likeness (QED) is 0.385. The normalized spacial score (nSPS) is 10.8. The van der Waals surface area contributed by atoms with E-state index in [0.29, 0.717) is 27.6 Å². The maximum absolute atomic E-state index is 13.7. The second-order valence-electron chi connectivity index (χ2n) is 6.11. The largest absolute Gasteiger partial charge is 0.493 e. The molecule has 154 valence electrons. The predicted molar refractivity (Wildman–Crippen MR) is 115 cm³/mol. The number of nitrogens with zero attached hydrogens (tertiary/aromatic N) is 1. The van der Waals surface area contributed by atoms with Crippen molar-refractivity contribution in [3.8, 4) is 11.5 Å². The van der Waals surface area contributed by atoms with Gasteiger partial charge in [0.2, 0.25) is 0 Å². The van der Waals surface area contributed by atoms with Crippen molar-refractivity contribution in [2.24, 2.45) is 5.10 Å². The highest BCUT2D eigenvalue weighted by atomic mass is 35.5. The van der Waals surface area contributed by atoms with E-state index in [1.54, 1.807) is 42.5 Å². The Hall–Kier alpha value is -3.09. The van der Waals surface area contributed by atoms with E-state index in [2.05, 4.69) is 10.5 Å². The summed E-state index contributed by atoms with van der Waals surface area (Å²) in [5.41, 5.74) is 3.76. The highest BCUT2D eigenvalue weighted by molar-refractivity contribution is 6.36. The fourth-order valence-electron chi connectivity index (χ4n) is 2.55. The Bertz CT molecular complexity index is 1090. The molecule has 0 saturated carbocycles. The van der Waals surface area contributed by atoms with Crippen LogP contribution < -0.4 is 14.9 Å². The Kier molecular flexibility index (Phi) is 7.27. The first-order valence-electron chi connectivity index (χ1n) is 8.80. The average molecular weight is 447 g/mol. The van der Waals surface area contributed by atoms with Crippen LogP contribution in [-0.2, 0) is 6.61 Å². The number of hydrazone groups is 1. The second kappa shape index (κ2) is 10.1. The van der Waals surface area contributed by atoms with E-state index in [-0.39, 0.29) is 23.0 Å². The highest BCUT2D eigenvalue weighted by Gasteiger charge is 2.10. The molecule has 0 aliphatic carbocycles. The molecule has 1 amide bonds. The summed E-state index contributed by atoms with van der Waals surface area (Å²) >= 11 is 11.8. The Labute approximate surface area is 183 Å². The number of benzene rings is 3. The minimum atomic E-state index is -0.468. The van der Waals surface area contributed by atoms with Gasteiger partial charge in [0.15, 0.2) is 11.5 Å². The molecule has 0 aliphatic heterocycles. The fourth-order valence-corrected chi connectivity index (χ4v) is 3.05. The van der Waals surface area contributed by atoms with E-state index in [1.807, 2.05) is 0 Å². The molecule has 8 heteroatoms. The van der Waals surface area contributed by atoms with Crippen LogP contribution in [0.1, 0.15) is 21.5 Å². The first-order valence-corrected chi connectivity index (χ1v) is 9.56. The van der Waals surface area contributed by atoms with Crippen LogP contribution in [-0.4, -0.2) is 19.2 Å². The Morgan fingerprint density at radius 1 is 1.10 bits per heavy atom. The number of amides is 1. The van der Waals surface area contributed by atoms with Gasteiger partial charge in [-0.1, -0.05) is 41.4 Å². The molecule has 0 spiro atoms. The standard InChI is InChI=1S/C22H17Cl2FN2O3/c1-29-21-10-14(6-9-20(21)30-13-15-4-2-3-5-19(15)25)12-26-27-22(28)17-8-7-16(23)11-18(17)24/h2-12H,13H2,1H3,(H,27,28)/b26-12+. The molecule has 0 atom stereocenters. The van der Waals surface area contributed by atoms with E-state index in [1.165, 1.54) is 31.5 Å². The van der Waals surface area contributed by atoms with Crippen molar-refractivity contribution < 1.29 is 18.7 Å². The van der Waals surface area contributed by atoms with Gasteiger partial charge >= 0.3 is 0 Å². The number of nitrogens with one attached hydrogen (secondary N) is 1. The van der Waals surface area contributed by atoms with Gasteiger partial charge in [-0.25, -0.2) is 9.82 Å². The molecule has 3 rings (SSSR count). The van der Waals surface area contributed by atoms with Crippen molar-refractivity contribution in [3.63, 3.8) is 0 Å². The average Bonchev–Trinajstić information content (AvgIpc) is 2.73. The van der Waals surface area contributed by atoms with Gasteiger partial charge in [-0.05, 0) is 48.0 Å². The molecule has 0 bridgehead atoms. The Morgan fingerprint density at radius 3 is 2.63 bits per heavy atom. The van der Waals surface area contributed by atoms with Crippen LogP contribution in [0.4, 0.5) is 4.39 Å². The zero-order valence-electron chi connectivity index (χ0n) is 15.9. The summed E-state index contributed by atoms with van der Waals surface area (Å²) in [6, 6.07) is 16.0. The predicted octanol–water partition coefficient (Wildman–Crippen LogP) is 5.48. The molecular weight excluding hydrogens is 430 g/mol. The highest BCUT2D eigenvalue weighted by Crippen LogP contribution is 2.28. The third kappa shape index (κ3) is 5.49. The summed E-state index contributed by atoms with van der Waals surface area (Å²) in [5.74, 6) is 0.0960. The number of hydrogen-bond donors (Lipinski definition) is 1. The summed E-state index contributed by atoms with van der Waals surface area (Å²) in [5, 5.41) is 4.59. The number of carbonyl (C=O) groups is 1. The molecular formula is C22H17Cl2FN2O3. The number of rotatable bonds is 7. The molecule has 5 nitrogen and oxygen atoms in total. The molecule has 30 heavy (non-hydrogen) atoms. The molecule has 0 radical (unpaired) electrons. The minimum Gasteiger partial charge on any atom is -0.493 e. The van der Waals surface area contributed by atoms with Crippen LogP contribution in [0.3, 0.4) is 0 Å². The number of carbonyl (C=O) groups excluding carboxylic acids is 1. The Balaban J connectivity index is 1.65. The lowest BCUT2D eigenvalue weighted by Gasteiger charge is -2.11. The van der Waals surface area contributed by atoms with Gasteiger partial charge in [0.25, 0.3) is 5.91 Å². The first-order chi connectivity index (χ1) is 14.5. The van der Waals surface area contributed by atoms with Gasteiger partial charge in [0.05, 0.1) is 23.9 Å². The van der Waals surface area contributed by atoms with Crippen LogP contribution in [0.15, 0.2) is 65.8 Å². The molecule has 3 aromatic carbocycles. The number of hydrogen-bond acceptors (Lipinski definition) is 4. The van der Waals surface area contributed by atoms with E-state index in [4.69, 9.17) is 32.7 Å². The molecule has 0 aromatic heterocycles. The van der Waals surface area contributed by atoms with Crippen molar-refractivity contribution in [2.75, 3.05) is 7.11 Å². The Morgan fingerprint density at radius 2 is 1.90 bits per heavy atom. The lowest BCUT2D eigenvalue weighted by molar-refractivity contribution is 0.0955. The summed E-state index contributed by atoms with van der Waals surface area (Å²) in [7, 11) is 1.50. The zero-order valence-corrected chi connectivity index (χ0v) is 17.4. The van der Waals surface area contributed by atoms with Gasteiger partial charge in [-0.15, -0.1) is 0 Å². The van der Waals surface area contributed by atoms with Gasteiger partial charge < -0.3 is 9.47 Å². The molecule has 0 unspecified atom stereocenters. The van der Waals surface area contributed by atoms with E-state index < -0.39 is 5.91 Å². The third-order valence-electron chi connectivity index (χ3n) is 4.08. The lowest BCUT2D eigenvalue weighted by atomic mass is 10.2. The third-order valence-corrected chi connectivity index (χ3v) is 4.63. The molecule has 3 aromatic rings. The molecule has 1 N–H and O–H groups in total. The van der Waals surface area contributed by atoms with Crippen molar-refractivity contribution in [1.82, 2.24) is 5.43 Å². The van der Waals surface area contributed by atoms with Crippen molar-refractivity contribution >= 4 is 35.3 Å².